The Morgan fingerprint density at radius 3 is 2.88 bits per heavy atom. The molecular weight excluding hydrogens is 324 g/mol. The van der Waals surface area contributed by atoms with Crippen LogP contribution in [0.25, 0.3) is 11.0 Å². The van der Waals surface area contributed by atoms with Gasteiger partial charge in [0.05, 0.1) is 11.6 Å². The Morgan fingerprint density at radius 1 is 1.19 bits per heavy atom. The first-order valence-corrected chi connectivity index (χ1v) is 9.35. The first-order chi connectivity index (χ1) is 12.7. The lowest BCUT2D eigenvalue weighted by molar-refractivity contribution is 0.330. The summed E-state index contributed by atoms with van der Waals surface area (Å²) in [6, 6.07) is 10.7. The molecule has 1 aliphatic heterocycles. The Labute approximate surface area is 154 Å². The number of nitrogens with zero attached hydrogens (tertiary/aromatic N) is 5. The number of nitrogens with one attached hydrogen (secondary N) is 1. The van der Waals surface area contributed by atoms with E-state index in [9.17, 15) is 0 Å². The normalized spacial score (nSPS) is 17.8. The van der Waals surface area contributed by atoms with Crippen LogP contribution in [-0.4, -0.2) is 50.8 Å². The van der Waals surface area contributed by atoms with Gasteiger partial charge in [0.25, 0.3) is 0 Å². The molecule has 0 bridgehead atoms. The van der Waals surface area contributed by atoms with E-state index in [2.05, 4.69) is 55.6 Å². The number of fused-ring (bicyclic) bond motifs is 1. The van der Waals surface area contributed by atoms with Crippen molar-refractivity contribution >= 4 is 16.9 Å². The number of benzene rings is 1. The van der Waals surface area contributed by atoms with Crippen molar-refractivity contribution in [2.24, 2.45) is 13.0 Å². The Kier molecular flexibility index (Phi) is 4.84. The quantitative estimate of drug-likeness (QED) is 0.741. The van der Waals surface area contributed by atoms with E-state index in [1.54, 1.807) is 4.68 Å². The largest absolute Gasteiger partial charge is 0.369 e. The highest BCUT2D eigenvalue weighted by Crippen LogP contribution is 2.22. The maximum Gasteiger partial charge on any atom is 0.163 e. The third-order valence-corrected chi connectivity index (χ3v) is 5.19. The lowest BCUT2D eigenvalue weighted by atomic mass is 10.1. The highest BCUT2D eigenvalue weighted by atomic mass is 15.3. The molecule has 6 nitrogen and oxygen atoms in total. The molecule has 1 unspecified atom stereocenters. The van der Waals surface area contributed by atoms with Gasteiger partial charge in [-0.2, -0.15) is 5.10 Å². The summed E-state index contributed by atoms with van der Waals surface area (Å²) in [5, 5.41) is 8.85. The second-order valence-electron chi connectivity index (χ2n) is 7.20. The molecule has 26 heavy (non-hydrogen) atoms. The van der Waals surface area contributed by atoms with Crippen molar-refractivity contribution in [2.45, 2.75) is 19.8 Å². The third kappa shape index (κ3) is 3.70. The van der Waals surface area contributed by atoms with E-state index in [1.807, 2.05) is 20.2 Å². The molecule has 1 aromatic carbocycles. The molecule has 0 aliphatic carbocycles. The lowest BCUT2D eigenvalue weighted by Gasteiger charge is -2.16. The van der Waals surface area contributed by atoms with Gasteiger partial charge in [-0.25, -0.2) is 9.97 Å². The average Bonchev–Trinajstić information content (AvgIpc) is 3.26. The number of aryl methyl sites for hydroxylation is 2. The minimum Gasteiger partial charge on any atom is -0.369 e. The summed E-state index contributed by atoms with van der Waals surface area (Å²) in [5.74, 6) is 2.34. The molecule has 0 amide bonds. The monoisotopic (exact) mass is 350 g/mol. The van der Waals surface area contributed by atoms with Gasteiger partial charge in [-0.3, -0.25) is 4.68 Å². The van der Waals surface area contributed by atoms with Crippen molar-refractivity contribution in [3.63, 3.8) is 0 Å². The van der Waals surface area contributed by atoms with Gasteiger partial charge in [0.1, 0.15) is 11.6 Å². The molecule has 4 rings (SSSR count). The van der Waals surface area contributed by atoms with Crippen molar-refractivity contribution < 1.29 is 0 Å². The van der Waals surface area contributed by atoms with Crippen LogP contribution in [0.4, 0.5) is 5.82 Å². The van der Waals surface area contributed by atoms with Crippen LogP contribution in [0.2, 0.25) is 0 Å². The standard InChI is InChI=1S/C20H26N6/c1-15-23-19(18-13-22-25(2)20(18)24-15)21-12-17-9-11-26(14-17)10-8-16-6-4-3-5-7-16/h3-7,13,17H,8-12,14H2,1-2H3,(H,21,23,24). The van der Waals surface area contributed by atoms with Crippen LogP contribution in [-0.2, 0) is 13.5 Å². The number of rotatable bonds is 6. The second kappa shape index (κ2) is 7.41. The van der Waals surface area contributed by atoms with Crippen LogP contribution in [0.1, 0.15) is 17.8 Å². The highest BCUT2D eigenvalue weighted by molar-refractivity contribution is 5.86. The van der Waals surface area contributed by atoms with Crippen molar-refractivity contribution in [3.05, 3.63) is 47.9 Å². The van der Waals surface area contributed by atoms with Crippen molar-refractivity contribution in [1.29, 1.82) is 0 Å². The predicted molar refractivity (Wildman–Crippen MR) is 104 cm³/mol. The van der Waals surface area contributed by atoms with E-state index >= 15 is 0 Å². The maximum absolute atomic E-state index is 4.58. The zero-order valence-corrected chi connectivity index (χ0v) is 15.5. The predicted octanol–water partition coefficient (Wildman–Crippen LogP) is 2.65. The molecule has 136 valence electrons. The van der Waals surface area contributed by atoms with Gasteiger partial charge in [-0.05, 0) is 37.8 Å². The van der Waals surface area contributed by atoms with Crippen LogP contribution in [0, 0.1) is 12.8 Å². The molecule has 0 spiro atoms. The third-order valence-electron chi connectivity index (χ3n) is 5.19. The van der Waals surface area contributed by atoms with Crippen molar-refractivity contribution in [3.8, 4) is 0 Å². The van der Waals surface area contributed by atoms with Crippen molar-refractivity contribution in [1.82, 2.24) is 24.6 Å². The Bertz CT molecular complexity index is 873. The lowest BCUT2D eigenvalue weighted by Crippen LogP contribution is -2.25. The fourth-order valence-electron chi connectivity index (χ4n) is 3.72. The average molecular weight is 350 g/mol. The van der Waals surface area contributed by atoms with Crippen LogP contribution in [0.15, 0.2) is 36.5 Å². The number of hydrogen-bond donors (Lipinski definition) is 1. The topological polar surface area (TPSA) is 58.9 Å². The molecule has 1 atom stereocenters. The summed E-state index contributed by atoms with van der Waals surface area (Å²) in [5.41, 5.74) is 2.31. The molecule has 0 radical (unpaired) electrons. The highest BCUT2D eigenvalue weighted by Gasteiger charge is 2.22. The van der Waals surface area contributed by atoms with E-state index in [-0.39, 0.29) is 0 Å². The van der Waals surface area contributed by atoms with Gasteiger partial charge >= 0.3 is 0 Å². The van der Waals surface area contributed by atoms with Crippen molar-refractivity contribution in [2.75, 3.05) is 31.5 Å². The molecule has 3 aromatic rings. The minimum absolute atomic E-state index is 0.660. The summed E-state index contributed by atoms with van der Waals surface area (Å²) < 4.78 is 1.80. The summed E-state index contributed by atoms with van der Waals surface area (Å²) in [6.45, 7) is 6.35. The Balaban J connectivity index is 1.32. The molecule has 6 heteroatoms. The van der Waals surface area contributed by atoms with Gasteiger partial charge < -0.3 is 10.2 Å². The molecule has 1 saturated heterocycles. The number of likely N-dealkylation sites (tertiary alicyclic amines) is 1. The zero-order valence-electron chi connectivity index (χ0n) is 15.5. The van der Waals surface area contributed by atoms with E-state index in [0.717, 1.165) is 48.7 Å². The number of aromatic nitrogens is 4. The van der Waals surface area contributed by atoms with E-state index in [0.29, 0.717) is 5.92 Å². The summed E-state index contributed by atoms with van der Waals surface area (Å²) in [4.78, 5) is 11.6. The number of hydrogen-bond acceptors (Lipinski definition) is 5. The van der Waals surface area contributed by atoms with Gasteiger partial charge in [0, 0.05) is 26.7 Å². The van der Waals surface area contributed by atoms with Crippen LogP contribution < -0.4 is 5.32 Å². The fourth-order valence-corrected chi connectivity index (χ4v) is 3.72. The van der Waals surface area contributed by atoms with Gasteiger partial charge in [0.2, 0.25) is 0 Å². The van der Waals surface area contributed by atoms with Gasteiger partial charge in [-0.1, -0.05) is 30.3 Å². The summed E-state index contributed by atoms with van der Waals surface area (Å²) in [7, 11) is 1.92. The van der Waals surface area contributed by atoms with E-state index < -0.39 is 0 Å². The smallest absolute Gasteiger partial charge is 0.163 e. The van der Waals surface area contributed by atoms with Crippen LogP contribution in [0.3, 0.4) is 0 Å². The molecule has 0 saturated carbocycles. The molecule has 1 aliphatic rings. The Morgan fingerprint density at radius 2 is 2.04 bits per heavy atom. The van der Waals surface area contributed by atoms with Crippen LogP contribution in [0.5, 0.6) is 0 Å². The summed E-state index contributed by atoms with van der Waals surface area (Å²) >= 11 is 0. The van der Waals surface area contributed by atoms with E-state index in [1.165, 1.54) is 18.5 Å². The first-order valence-electron chi connectivity index (χ1n) is 9.35. The zero-order chi connectivity index (χ0) is 17.9. The molecule has 1 fully saturated rings. The SMILES string of the molecule is Cc1nc(NCC2CCN(CCc3ccccc3)C2)c2cnn(C)c2n1. The first kappa shape index (κ1) is 17.0. The Hall–Kier alpha value is -2.47. The van der Waals surface area contributed by atoms with E-state index in [4.69, 9.17) is 0 Å². The molecule has 2 aromatic heterocycles. The van der Waals surface area contributed by atoms with Gasteiger partial charge in [-0.15, -0.1) is 0 Å². The fraction of sp³-hybridized carbons (Fsp3) is 0.450. The molecule has 1 N–H and O–H groups in total. The molecule has 3 heterocycles. The minimum atomic E-state index is 0.660. The molecular formula is C20H26N6. The summed E-state index contributed by atoms with van der Waals surface area (Å²) in [6.07, 6.45) is 4.21. The second-order valence-corrected chi connectivity index (χ2v) is 7.20. The van der Waals surface area contributed by atoms with Gasteiger partial charge in [0.15, 0.2) is 5.65 Å². The number of anilines is 1. The van der Waals surface area contributed by atoms with Crippen LogP contribution >= 0.6 is 0 Å². The maximum atomic E-state index is 4.58.